The van der Waals surface area contributed by atoms with Crippen molar-refractivity contribution in [1.29, 1.82) is 0 Å². The second kappa shape index (κ2) is 4.57. The van der Waals surface area contributed by atoms with Crippen LogP contribution >= 0.6 is 11.6 Å². The number of hydrogen-bond acceptors (Lipinski definition) is 0. The summed E-state index contributed by atoms with van der Waals surface area (Å²) in [6.07, 6.45) is 3.77. The molecule has 0 bridgehead atoms. The largest absolute Gasteiger partial charge is 0.122 e. The van der Waals surface area contributed by atoms with E-state index in [2.05, 4.69) is 38.1 Å². The summed E-state index contributed by atoms with van der Waals surface area (Å²) in [6.45, 7) is 4.43. The Morgan fingerprint density at radius 2 is 2.00 bits per heavy atom. The first-order valence-electron chi connectivity index (χ1n) is 5.92. The number of fused-ring (bicyclic) bond motifs is 1. The molecule has 1 aliphatic rings. The maximum Gasteiger partial charge on any atom is 0.0427 e. The van der Waals surface area contributed by atoms with Gasteiger partial charge < -0.3 is 0 Å². The highest BCUT2D eigenvalue weighted by atomic mass is 35.5. The lowest BCUT2D eigenvalue weighted by Crippen LogP contribution is -2.22. The summed E-state index contributed by atoms with van der Waals surface area (Å²) in [5.74, 6) is 1.12. The first kappa shape index (κ1) is 11.0. The predicted molar refractivity (Wildman–Crippen MR) is 66.6 cm³/mol. The van der Waals surface area contributed by atoms with E-state index in [0.29, 0.717) is 11.8 Å². The van der Waals surface area contributed by atoms with Gasteiger partial charge in [0.25, 0.3) is 0 Å². The van der Waals surface area contributed by atoms with Crippen molar-refractivity contribution < 1.29 is 0 Å². The highest BCUT2D eigenvalue weighted by Crippen LogP contribution is 2.38. The van der Waals surface area contributed by atoms with Crippen LogP contribution in [0.2, 0.25) is 0 Å². The molecule has 0 nitrogen and oxygen atoms in total. The van der Waals surface area contributed by atoms with E-state index in [1.54, 1.807) is 0 Å². The van der Waals surface area contributed by atoms with Gasteiger partial charge in [-0.2, -0.15) is 0 Å². The van der Waals surface area contributed by atoms with Gasteiger partial charge in [-0.05, 0) is 36.3 Å². The molecule has 0 aromatic heterocycles. The van der Waals surface area contributed by atoms with Gasteiger partial charge in [-0.15, -0.1) is 11.6 Å². The smallest absolute Gasteiger partial charge is 0.0427 e. The first-order valence-corrected chi connectivity index (χ1v) is 6.35. The zero-order valence-electron chi connectivity index (χ0n) is 9.54. The molecule has 0 N–H and O–H groups in total. The number of alkyl halides is 1. The van der Waals surface area contributed by atoms with Gasteiger partial charge in [0.1, 0.15) is 0 Å². The summed E-state index contributed by atoms with van der Waals surface area (Å²) in [5.41, 5.74) is 3.01. The molecule has 0 spiro atoms. The minimum Gasteiger partial charge on any atom is -0.122 e. The Bertz CT molecular complexity index is 330. The minimum absolute atomic E-state index is 0.284. The van der Waals surface area contributed by atoms with Crippen LogP contribution in [-0.4, -0.2) is 5.38 Å². The van der Waals surface area contributed by atoms with Gasteiger partial charge in [0.15, 0.2) is 0 Å². The average Bonchev–Trinajstić information content (AvgIpc) is 2.27. The number of rotatable bonds is 2. The SMILES string of the molecule is CC(C)C(Cl)C1CCCc2ccccc21. The molecule has 0 radical (unpaired) electrons. The minimum atomic E-state index is 0.284. The Kier molecular flexibility index (Phi) is 3.35. The van der Waals surface area contributed by atoms with Crippen LogP contribution in [0.4, 0.5) is 0 Å². The van der Waals surface area contributed by atoms with Crippen LogP contribution in [0.15, 0.2) is 24.3 Å². The fourth-order valence-electron chi connectivity index (χ4n) is 2.59. The third kappa shape index (κ3) is 2.20. The average molecular weight is 223 g/mol. The normalized spacial score (nSPS) is 22.5. The molecular formula is C14H19Cl. The second-order valence-electron chi connectivity index (χ2n) is 4.89. The molecule has 15 heavy (non-hydrogen) atoms. The second-order valence-corrected chi connectivity index (χ2v) is 5.39. The third-order valence-corrected chi connectivity index (χ3v) is 4.25. The van der Waals surface area contributed by atoms with Crippen LogP contribution in [-0.2, 0) is 6.42 Å². The van der Waals surface area contributed by atoms with E-state index >= 15 is 0 Å². The first-order chi connectivity index (χ1) is 7.20. The molecule has 2 rings (SSSR count). The van der Waals surface area contributed by atoms with Gasteiger partial charge in [-0.3, -0.25) is 0 Å². The Balaban J connectivity index is 2.29. The Hall–Kier alpha value is -0.490. The lowest BCUT2D eigenvalue weighted by atomic mass is 9.78. The standard InChI is InChI=1S/C14H19Cl/c1-10(2)14(15)13-9-5-7-11-6-3-4-8-12(11)13/h3-4,6,8,10,13-14H,5,7,9H2,1-2H3. The van der Waals surface area contributed by atoms with Gasteiger partial charge in [-0.25, -0.2) is 0 Å². The van der Waals surface area contributed by atoms with Gasteiger partial charge in [0.05, 0.1) is 0 Å². The summed E-state index contributed by atoms with van der Waals surface area (Å²) in [6, 6.07) is 8.79. The Labute approximate surface area is 97.6 Å². The van der Waals surface area contributed by atoms with E-state index in [9.17, 15) is 0 Å². The van der Waals surface area contributed by atoms with Gasteiger partial charge in [0, 0.05) is 11.3 Å². The van der Waals surface area contributed by atoms with Crippen LogP contribution in [0.1, 0.15) is 43.7 Å². The van der Waals surface area contributed by atoms with E-state index in [-0.39, 0.29) is 5.38 Å². The number of hydrogen-bond donors (Lipinski definition) is 0. The quantitative estimate of drug-likeness (QED) is 0.652. The van der Waals surface area contributed by atoms with E-state index in [1.165, 1.54) is 30.4 Å². The summed E-state index contributed by atoms with van der Waals surface area (Å²) < 4.78 is 0. The summed E-state index contributed by atoms with van der Waals surface area (Å²) in [4.78, 5) is 0. The van der Waals surface area contributed by atoms with E-state index in [0.717, 1.165) is 0 Å². The van der Waals surface area contributed by atoms with Gasteiger partial charge in [0.2, 0.25) is 0 Å². The molecule has 1 heteroatoms. The predicted octanol–water partition coefficient (Wildman–Crippen LogP) is 4.37. The fraction of sp³-hybridized carbons (Fsp3) is 0.571. The Morgan fingerprint density at radius 3 is 2.73 bits per heavy atom. The lowest BCUT2D eigenvalue weighted by molar-refractivity contribution is 0.456. The van der Waals surface area contributed by atoms with E-state index < -0.39 is 0 Å². The summed E-state index contributed by atoms with van der Waals surface area (Å²) >= 11 is 6.52. The highest BCUT2D eigenvalue weighted by Gasteiger charge is 2.27. The van der Waals surface area contributed by atoms with Crippen molar-refractivity contribution in [3.8, 4) is 0 Å². The zero-order valence-corrected chi connectivity index (χ0v) is 10.3. The van der Waals surface area contributed by atoms with Crippen molar-refractivity contribution in [2.24, 2.45) is 5.92 Å². The monoisotopic (exact) mass is 222 g/mol. The van der Waals surface area contributed by atoms with Gasteiger partial charge >= 0.3 is 0 Å². The molecule has 1 aromatic carbocycles. The number of benzene rings is 1. The van der Waals surface area contributed by atoms with Crippen molar-refractivity contribution in [2.75, 3.05) is 0 Å². The van der Waals surface area contributed by atoms with Gasteiger partial charge in [-0.1, -0.05) is 38.1 Å². The molecule has 0 fully saturated rings. The molecule has 1 aromatic rings. The fourth-order valence-corrected chi connectivity index (χ4v) is 2.85. The van der Waals surface area contributed by atoms with Crippen molar-refractivity contribution in [3.63, 3.8) is 0 Å². The topological polar surface area (TPSA) is 0 Å². The Morgan fingerprint density at radius 1 is 1.27 bits per heavy atom. The zero-order chi connectivity index (χ0) is 10.8. The van der Waals surface area contributed by atoms with Crippen LogP contribution in [0.25, 0.3) is 0 Å². The van der Waals surface area contributed by atoms with Crippen molar-refractivity contribution in [3.05, 3.63) is 35.4 Å². The maximum atomic E-state index is 6.52. The number of halogens is 1. The van der Waals surface area contributed by atoms with Crippen LogP contribution in [0.5, 0.6) is 0 Å². The molecule has 1 aliphatic carbocycles. The summed E-state index contributed by atoms with van der Waals surface area (Å²) in [5, 5.41) is 0.284. The molecule has 0 saturated heterocycles. The van der Waals surface area contributed by atoms with Crippen molar-refractivity contribution in [2.45, 2.75) is 44.4 Å². The molecule has 0 saturated carbocycles. The van der Waals surface area contributed by atoms with E-state index in [1.807, 2.05) is 0 Å². The maximum absolute atomic E-state index is 6.52. The molecule has 2 atom stereocenters. The number of aryl methyl sites for hydroxylation is 1. The molecule has 0 heterocycles. The molecular weight excluding hydrogens is 204 g/mol. The molecule has 0 aliphatic heterocycles. The lowest BCUT2D eigenvalue weighted by Gasteiger charge is -2.31. The third-order valence-electron chi connectivity index (χ3n) is 3.44. The summed E-state index contributed by atoms with van der Waals surface area (Å²) in [7, 11) is 0. The van der Waals surface area contributed by atoms with Crippen molar-refractivity contribution in [1.82, 2.24) is 0 Å². The molecule has 0 amide bonds. The van der Waals surface area contributed by atoms with Crippen LogP contribution in [0, 0.1) is 5.92 Å². The van der Waals surface area contributed by atoms with Crippen LogP contribution < -0.4 is 0 Å². The molecule has 2 unspecified atom stereocenters. The van der Waals surface area contributed by atoms with E-state index in [4.69, 9.17) is 11.6 Å². The highest BCUT2D eigenvalue weighted by molar-refractivity contribution is 6.21. The van der Waals surface area contributed by atoms with Crippen molar-refractivity contribution >= 4 is 11.6 Å². The van der Waals surface area contributed by atoms with Crippen LogP contribution in [0.3, 0.4) is 0 Å². The molecule has 82 valence electrons.